The quantitative estimate of drug-likeness (QED) is 0.713. The molecule has 0 aliphatic carbocycles. The highest BCUT2D eigenvalue weighted by Gasteiger charge is 2.20. The van der Waals surface area contributed by atoms with Crippen molar-refractivity contribution in [1.29, 1.82) is 0 Å². The van der Waals surface area contributed by atoms with Crippen LogP contribution in [0, 0.1) is 5.82 Å². The van der Waals surface area contributed by atoms with Crippen LogP contribution in [0.1, 0.15) is 0 Å². The molecule has 0 fully saturated rings. The molecule has 1 aromatic carbocycles. The van der Waals surface area contributed by atoms with Gasteiger partial charge in [0.2, 0.25) is 0 Å². The minimum Gasteiger partial charge on any atom is -0.480 e. The van der Waals surface area contributed by atoms with Gasteiger partial charge in [-0.25, -0.2) is 9.18 Å². The Morgan fingerprint density at radius 3 is 1.90 bits per heavy atom. The van der Waals surface area contributed by atoms with E-state index >= 15 is 0 Å². The summed E-state index contributed by atoms with van der Waals surface area (Å²) < 4.78 is 13.2. The van der Waals surface area contributed by atoms with Crippen LogP contribution < -0.4 is 5.32 Å². The van der Waals surface area contributed by atoms with Crippen LogP contribution in [0.4, 0.5) is 14.9 Å². The highest BCUT2D eigenvalue weighted by molar-refractivity contribution is 6.35. The van der Waals surface area contributed by atoms with E-state index in [2.05, 4.69) is 5.32 Å². The number of nitrogens with one attached hydrogen (secondary N) is 1. The lowest BCUT2D eigenvalue weighted by molar-refractivity contribution is -0.140. The Balaban J connectivity index is 2.90. The molecular weight excluding hydrogens is 330 g/mol. The van der Waals surface area contributed by atoms with E-state index in [9.17, 15) is 18.8 Å². The fraction of sp³-hybridized carbons (Fsp3) is 0.182. The van der Waals surface area contributed by atoms with Gasteiger partial charge in [0.15, 0.2) is 5.82 Å². The fourth-order valence-corrected chi connectivity index (χ4v) is 1.84. The number of urea groups is 1. The number of aliphatic carboxylic acids is 2. The number of amides is 2. The van der Waals surface area contributed by atoms with Gasteiger partial charge in [0.25, 0.3) is 0 Å². The fourth-order valence-electron chi connectivity index (χ4n) is 1.36. The number of carbonyl (C=O) groups excluding carboxylic acids is 1. The molecule has 114 valence electrons. The molecule has 0 aromatic heterocycles. The van der Waals surface area contributed by atoms with Crippen molar-refractivity contribution in [1.82, 2.24) is 4.90 Å². The molecule has 0 aliphatic heterocycles. The second-order valence-electron chi connectivity index (χ2n) is 3.83. The van der Waals surface area contributed by atoms with Crippen LogP contribution in [-0.4, -0.2) is 46.2 Å². The van der Waals surface area contributed by atoms with Crippen LogP contribution >= 0.6 is 23.2 Å². The Labute approximate surface area is 127 Å². The molecule has 0 saturated heterocycles. The van der Waals surface area contributed by atoms with Crippen molar-refractivity contribution < 1.29 is 29.0 Å². The Morgan fingerprint density at radius 1 is 1.10 bits per heavy atom. The molecule has 7 nitrogen and oxygen atoms in total. The maximum Gasteiger partial charge on any atom is 0.323 e. The lowest BCUT2D eigenvalue weighted by Crippen LogP contribution is -2.41. The van der Waals surface area contributed by atoms with Crippen LogP contribution in [-0.2, 0) is 9.59 Å². The summed E-state index contributed by atoms with van der Waals surface area (Å²) in [7, 11) is 0. The van der Waals surface area contributed by atoms with Crippen molar-refractivity contribution in [2.75, 3.05) is 18.4 Å². The zero-order chi connectivity index (χ0) is 16.2. The van der Waals surface area contributed by atoms with Gasteiger partial charge in [0.05, 0.1) is 10.0 Å². The molecule has 0 heterocycles. The summed E-state index contributed by atoms with van der Waals surface area (Å²) in [5.41, 5.74) is -0.00261. The number of hydrogen-bond donors (Lipinski definition) is 3. The number of benzene rings is 1. The Kier molecular flexibility index (Phi) is 5.74. The number of carbonyl (C=O) groups is 3. The third-order valence-corrected chi connectivity index (χ3v) is 2.72. The predicted octanol–water partition coefficient (Wildman–Crippen LogP) is 2.14. The van der Waals surface area contributed by atoms with Gasteiger partial charge in [-0.3, -0.25) is 9.59 Å². The predicted molar refractivity (Wildman–Crippen MR) is 72.3 cm³/mol. The van der Waals surface area contributed by atoms with E-state index in [0.29, 0.717) is 4.90 Å². The van der Waals surface area contributed by atoms with Crippen LogP contribution in [0.25, 0.3) is 0 Å². The monoisotopic (exact) mass is 338 g/mol. The second kappa shape index (κ2) is 7.09. The first kappa shape index (κ1) is 17.0. The van der Waals surface area contributed by atoms with Crippen LogP contribution in [0.3, 0.4) is 0 Å². The number of hydrogen-bond acceptors (Lipinski definition) is 3. The number of carboxylic acids is 2. The van der Waals surface area contributed by atoms with Crippen molar-refractivity contribution in [3.05, 3.63) is 28.0 Å². The Bertz CT molecular complexity index is 557. The maximum absolute atomic E-state index is 13.2. The van der Waals surface area contributed by atoms with Crippen LogP contribution in [0.2, 0.25) is 10.0 Å². The number of anilines is 1. The lowest BCUT2D eigenvalue weighted by atomic mass is 10.3. The number of halogens is 3. The summed E-state index contributed by atoms with van der Waals surface area (Å²) in [4.78, 5) is 33.5. The molecule has 1 rings (SSSR count). The van der Waals surface area contributed by atoms with Gasteiger partial charge in [-0.2, -0.15) is 0 Å². The van der Waals surface area contributed by atoms with E-state index in [-0.39, 0.29) is 15.7 Å². The topological polar surface area (TPSA) is 107 Å². The zero-order valence-electron chi connectivity index (χ0n) is 10.3. The van der Waals surface area contributed by atoms with Crippen molar-refractivity contribution in [3.8, 4) is 0 Å². The zero-order valence-corrected chi connectivity index (χ0v) is 11.8. The van der Waals surface area contributed by atoms with Crippen LogP contribution in [0.15, 0.2) is 12.1 Å². The first-order chi connectivity index (χ1) is 9.70. The first-order valence-electron chi connectivity index (χ1n) is 5.34. The number of nitrogens with zero attached hydrogens (tertiary/aromatic N) is 1. The molecule has 0 aliphatic rings. The Hall–Kier alpha value is -2.06. The summed E-state index contributed by atoms with van der Waals surface area (Å²) in [5.74, 6) is -3.65. The maximum atomic E-state index is 13.2. The molecule has 10 heteroatoms. The molecule has 21 heavy (non-hydrogen) atoms. The van der Waals surface area contributed by atoms with Crippen molar-refractivity contribution in [2.24, 2.45) is 0 Å². The Morgan fingerprint density at radius 2 is 1.52 bits per heavy atom. The van der Waals surface area contributed by atoms with Gasteiger partial charge < -0.3 is 20.4 Å². The molecule has 2 amide bonds. The van der Waals surface area contributed by atoms with E-state index in [4.69, 9.17) is 33.4 Å². The van der Waals surface area contributed by atoms with Gasteiger partial charge in [0, 0.05) is 5.69 Å². The molecule has 0 unspecified atom stereocenters. The molecule has 1 aromatic rings. The number of carboxylic acid groups (broad SMARTS) is 2. The van der Waals surface area contributed by atoms with E-state index in [1.54, 1.807) is 0 Å². The summed E-state index contributed by atoms with van der Waals surface area (Å²) in [6, 6.07) is 1.11. The SMILES string of the molecule is O=C(O)CN(CC(=O)O)C(=O)Nc1cc(Cl)c(F)c(Cl)c1. The number of rotatable bonds is 5. The van der Waals surface area contributed by atoms with Gasteiger partial charge in [0.1, 0.15) is 13.1 Å². The lowest BCUT2D eigenvalue weighted by Gasteiger charge is -2.19. The molecule has 0 saturated carbocycles. The first-order valence-corrected chi connectivity index (χ1v) is 6.10. The summed E-state index contributed by atoms with van der Waals surface area (Å²) in [5, 5.41) is 18.8. The highest BCUT2D eigenvalue weighted by Crippen LogP contribution is 2.27. The van der Waals surface area contributed by atoms with E-state index < -0.39 is 36.9 Å². The molecule has 0 atom stereocenters. The summed E-state index contributed by atoms with van der Waals surface area (Å²) in [6.45, 7) is -1.64. The minimum absolute atomic E-state index is 0.00261. The van der Waals surface area contributed by atoms with Gasteiger partial charge in [-0.15, -0.1) is 0 Å². The molecular formula is C11H9Cl2FN2O5. The smallest absolute Gasteiger partial charge is 0.323 e. The average Bonchev–Trinajstić information content (AvgIpc) is 2.33. The third-order valence-electron chi connectivity index (χ3n) is 2.17. The van der Waals surface area contributed by atoms with E-state index in [1.807, 2.05) is 0 Å². The third kappa shape index (κ3) is 5.09. The molecule has 0 spiro atoms. The standard InChI is InChI=1S/C11H9Cl2FN2O5/c12-6-1-5(2-7(13)10(6)14)15-11(21)16(3-8(17)18)4-9(19)20/h1-2H,3-4H2,(H,15,21)(H,17,18)(H,19,20). The normalized spacial score (nSPS) is 10.0. The van der Waals surface area contributed by atoms with Crippen molar-refractivity contribution in [3.63, 3.8) is 0 Å². The van der Waals surface area contributed by atoms with Gasteiger partial charge in [-0.05, 0) is 12.1 Å². The van der Waals surface area contributed by atoms with Gasteiger partial charge >= 0.3 is 18.0 Å². The van der Waals surface area contributed by atoms with E-state index in [1.165, 1.54) is 0 Å². The molecule has 0 bridgehead atoms. The van der Waals surface area contributed by atoms with E-state index in [0.717, 1.165) is 12.1 Å². The average molecular weight is 339 g/mol. The molecule has 3 N–H and O–H groups in total. The summed E-state index contributed by atoms with van der Waals surface area (Å²) >= 11 is 11.1. The van der Waals surface area contributed by atoms with Crippen molar-refractivity contribution in [2.45, 2.75) is 0 Å². The summed E-state index contributed by atoms with van der Waals surface area (Å²) in [6.07, 6.45) is 0. The minimum atomic E-state index is -1.39. The molecule has 0 radical (unpaired) electrons. The van der Waals surface area contributed by atoms with Crippen molar-refractivity contribution >= 4 is 46.9 Å². The van der Waals surface area contributed by atoms with Gasteiger partial charge in [-0.1, -0.05) is 23.2 Å². The second-order valence-corrected chi connectivity index (χ2v) is 4.64. The highest BCUT2D eigenvalue weighted by atomic mass is 35.5. The van der Waals surface area contributed by atoms with Crippen LogP contribution in [0.5, 0.6) is 0 Å². The largest absolute Gasteiger partial charge is 0.480 e.